The Labute approximate surface area is 265 Å². The Morgan fingerprint density at radius 2 is 0.864 bits per heavy atom. The van der Waals surface area contributed by atoms with Gasteiger partial charge in [-0.05, 0) is 87.5 Å². The summed E-state index contributed by atoms with van der Waals surface area (Å²) in [5, 5.41) is 20.0. The molecule has 0 unspecified atom stereocenters. The molecule has 0 aromatic carbocycles. The summed E-state index contributed by atoms with van der Waals surface area (Å²) in [5.74, 6) is -0.350. The zero-order chi connectivity index (χ0) is 33.2. The first-order valence-electron chi connectivity index (χ1n) is 15.4. The Morgan fingerprint density at radius 1 is 0.568 bits per heavy atom. The fourth-order valence-electron chi connectivity index (χ4n) is 5.62. The molecule has 0 amide bonds. The highest BCUT2D eigenvalue weighted by Crippen LogP contribution is 2.40. The topological polar surface area (TPSA) is 74.6 Å². The fraction of sp³-hybridized carbons (Fsp3) is 0.400. The maximum absolute atomic E-state index is 12.2. The lowest BCUT2D eigenvalue weighted by Gasteiger charge is -2.34. The minimum atomic E-state index is -0.907. The van der Waals surface area contributed by atoms with Crippen LogP contribution in [0.25, 0.3) is 0 Å². The number of rotatable bonds is 10. The van der Waals surface area contributed by atoms with E-state index in [0.717, 1.165) is 33.4 Å². The molecule has 0 radical (unpaired) electrons. The second kappa shape index (κ2) is 15.9. The van der Waals surface area contributed by atoms with E-state index in [-0.39, 0.29) is 22.4 Å². The van der Waals surface area contributed by atoms with Gasteiger partial charge in [0.1, 0.15) is 12.2 Å². The van der Waals surface area contributed by atoms with Crippen LogP contribution in [-0.2, 0) is 9.59 Å². The molecule has 0 saturated carbocycles. The number of aliphatic hydroxyl groups is 2. The predicted octanol–water partition coefficient (Wildman–Crippen LogP) is 8.91. The van der Waals surface area contributed by atoms with Crippen molar-refractivity contribution in [2.45, 2.75) is 94.3 Å². The minimum absolute atomic E-state index is 0.175. The first-order valence-corrected chi connectivity index (χ1v) is 15.4. The van der Waals surface area contributed by atoms with Crippen molar-refractivity contribution >= 4 is 11.6 Å². The molecule has 0 spiro atoms. The van der Waals surface area contributed by atoms with Crippen LogP contribution in [0.15, 0.2) is 130 Å². The summed E-state index contributed by atoms with van der Waals surface area (Å²) in [7, 11) is 0. The fourth-order valence-corrected chi connectivity index (χ4v) is 5.62. The van der Waals surface area contributed by atoms with Crippen molar-refractivity contribution in [2.75, 3.05) is 0 Å². The van der Waals surface area contributed by atoms with E-state index in [0.29, 0.717) is 24.0 Å². The van der Waals surface area contributed by atoms with Crippen LogP contribution in [0.5, 0.6) is 0 Å². The third kappa shape index (κ3) is 10.5. The van der Waals surface area contributed by atoms with Crippen molar-refractivity contribution in [1.29, 1.82) is 0 Å². The van der Waals surface area contributed by atoms with E-state index in [1.807, 2.05) is 74.6 Å². The molecule has 0 bridgehead atoms. The quantitative estimate of drug-likeness (QED) is 0.195. The van der Waals surface area contributed by atoms with Gasteiger partial charge < -0.3 is 10.2 Å². The van der Waals surface area contributed by atoms with Crippen LogP contribution >= 0.6 is 0 Å². The van der Waals surface area contributed by atoms with Gasteiger partial charge in [-0.2, -0.15) is 0 Å². The van der Waals surface area contributed by atoms with Crippen molar-refractivity contribution in [3.05, 3.63) is 130 Å². The molecule has 0 aromatic rings. The molecule has 4 nitrogen and oxygen atoms in total. The van der Waals surface area contributed by atoms with Gasteiger partial charge in [0.2, 0.25) is 0 Å². The van der Waals surface area contributed by atoms with Crippen molar-refractivity contribution in [2.24, 2.45) is 10.8 Å². The van der Waals surface area contributed by atoms with Gasteiger partial charge in [0.15, 0.2) is 11.6 Å². The number of carbonyl (C=O) groups is 2. The largest absolute Gasteiger partial charge is 0.385 e. The summed E-state index contributed by atoms with van der Waals surface area (Å²) in [4.78, 5) is 24.5. The Kier molecular flexibility index (Phi) is 13.2. The third-order valence-corrected chi connectivity index (χ3v) is 8.31. The van der Waals surface area contributed by atoms with Gasteiger partial charge in [0, 0.05) is 0 Å². The molecular weight excluding hydrogens is 546 g/mol. The van der Waals surface area contributed by atoms with E-state index >= 15 is 0 Å². The van der Waals surface area contributed by atoms with E-state index in [2.05, 4.69) is 65.8 Å². The predicted molar refractivity (Wildman–Crippen MR) is 185 cm³/mol. The number of hydrogen-bond acceptors (Lipinski definition) is 4. The van der Waals surface area contributed by atoms with Crippen LogP contribution in [0.2, 0.25) is 0 Å². The summed E-state index contributed by atoms with van der Waals surface area (Å²) < 4.78 is 0. The summed E-state index contributed by atoms with van der Waals surface area (Å²) in [6, 6.07) is 0. The van der Waals surface area contributed by atoms with Crippen LogP contribution in [0.1, 0.15) is 82.1 Å². The second-order valence-electron chi connectivity index (χ2n) is 13.4. The number of Topliss-reactive ketones (excluding diaryl/α,β-unsaturated/α-hetero) is 2. The molecule has 236 valence electrons. The minimum Gasteiger partial charge on any atom is -0.385 e. The van der Waals surface area contributed by atoms with Gasteiger partial charge in [-0.15, -0.1) is 0 Å². The lowest BCUT2D eigenvalue weighted by molar-refractivity contribution is -0.126. The molecule has 2 N–H and O–H groups in total. The van der Waals surface area contributed by atoms with Crippen molar-refractivity contribution < 1.29 is 19.8 Å². The Hall–Kier alpha value is -3.60. The smallest absolute Gasteiger partial charge is 0.187 e. The molecule has 2 atom stereocenters. The van der Waals surface area contributed by atoms with Crippen LogP contribution in [0, 0.1) is 10.8 Å². The zero-order valence-electron chi connectivity index (χ0n) is 28.4. The van der Waals surface area contributed by atoms with Crippen LogP contribution in [-0.4, -0.2) is 34.0 Å². The van der Waals surface area contributed by atoms with Crippen molar-refractivity contribution in [1.82, 2.24) is 0 Å². The van der Waals surface area contributed by atoms with Gasteiger partial charge in [0.05, 0.1) is 0 Å². The Morgan fingerprint density at radius 3 is 1.20 bits per heavy atom. The monoisotopic (exact) mass is 598 g/mol. The molecule has 0 saturated heterocycles. The molecule has 2 rings (SSSR count). The maximum Gasteiger partial charge on any atom is 0.187 e. The summed E-state index contributed by atoms with van der Waals surface area (Å²) >= 11 is 0. The van der Waals surface area contributed by atoms with E-state index < -0.39 is 12.2 Å². The number of aliphatic hydroxyl groups excluding tert-OH is 2. The molecular formula is C40H52O4. The number of carbonyl (C=O) groups excluding carboxylic acids is 2. The summed E-state index contributed by atoms with van der Waals surface area (Å²) in [6.45, 7) is 20.0. The van der Waals surface area contributed by atoms with Crippen molar-refractivity contribution in [3.63, 3.8) is 0 Å². The van der Waals surface area contributed by atoms with Gasteiger partial charge in [-0.1, -0.05) is 135 Å². The average molecular weight is 599 g/mol. The lowest BCUT2D eigenvalue weighted by Crippen LogP contribution is -2.35. The standard InChI is InChI=1S/C40H52O4/c1-27(17-13-19-29(3)21-23-33-31(5)37(43)35(41)25-39(33,7)8)15-11-12-16-28(2)18-14-20-30(4)22-24-34-32(6)38(44)36(42)26-40(34,9)10/h11-24,35-36,41-42H,25-26H2,1-10H3/b12-11+,17-13+,18-14+,23-21+,24-22+,27-15+,28-16+,29-19+,30-20+/t35-,36-/m0/s1/i37+1,38+1. The molecule has 0 fully saturated rings. The first-order chi connectivity index (χ1) is 20.5. The number of allylic oxidation sites excluding steroid dienone is 20. The summed E-state index contributed by atoms with van der Waals surface area (Å²) in [6.07, 6.45) is 27.5. The average Bonchev–Trinajstić information content (AvgIpc) is 2.92. The molecule has 4 heteroatoms. The van der Waals surface area contributed by atoms with Crippen LogP contribution in [0.3, 0.4) is 0 Å². The molecule has 44 heavy (non-hydrogen) atoms. The van der Waals surface area contributed by atoms with Crippen LogP contribution < -0.4 is 0 Å². The molecule has 0 aliphatic heterocycles. The van der Waals surface area contributed by atoms with Crippen molar-refractivity contribution in [3.8, 4) is 0 Å². The van der Waals surface area contributed by atoms with Gasteiger partial charge >= 0.3 is 0 Å². The number of ketones is 2. The molecule has 0 heterocycles. The lowest BCUT2D eigenvalue weighted by atomic mass is 9.75. The maximum atomic E-state index is 12.2. The Balaban J connectivity index is 1.95. The summed E-state index contributed by atoms with van der Waals surface area (Å²) in [5.41, 5.74) is 7.16. The highest BCUT2D eigenvalue weighted by molar-refractivity contribution is 6.01. The zero-order valence-corrected chi connectivity index (χ0v) is 28.4. The Bertz CT molecular complexity index is 1340. The molecule has 2 aliphatic rings. The van der Waals surface area contributed by atoms with Gasteiger partial charge in [-0.25, -0.2) is 0 Å². The third-order valence-electron chi connectivity index (χ3n) is 8.31. The van der Waals surface area contributed by atoms with E-state index in [9.17, 15) is 19.8 Å². The van der Waals surface area contributed by atoms with Crippen LogP contribution in [0.4, 0.5) is 0 Å². The molecule has 2 aliphatic carbocycles. The SMILES string of the molecule is CC1=C(/C=C/C(C)=C/C=C/C(C)=C/C=C/C=C(C)/C=C/C=C(C)/C=C/C2=C(C)[13C](=O)[C@@H](O)CC2(C)C)C(C)(C)C[C@H](O)[13C]1=O. The highest BCUT2D eigenvalue weighted by atomic mass is 16.3. The first kappa shape index (κ1) is 36.6. The normalized spacial score (nSPS) is 24.5. The van der Waals surface area contributed by atoms with E-state index in [1.54, 1.807) is 13.8 Å². The van der Waals surface area contributed by atoms with Gasteiger partial charge in [0.25, 0.3) is 0 Å². The molecule has 0 aromatic heterocycles. The second-order valence-corrected chi connectivity index (χ2v) is 13.4. The van der Waals surface area contributed by atoms with E-state index in [4.69, 9.17) is 0 Å². The highest BCUT2D eigenvalue weighted by Gasteiger charge is 2.37. The van der Waals surface area contributed by atoms with Gasteiger partial charge in [-0.3, -0.25) is 9.59 Å². The number of hydrogen-bond donors (Lipinski definition) is 2. The van der Waals surface area contributed by atoms with E-state index in [1.165, 1.54) is 0 Å².